The van der Waals surface area contributed by atoms with Crippen molar-refractivity contribution in [3.8, 4) is 0 Å². The number of nitrogens with zero attached hydrogens (tertiary/aromatic N) is 4. The summed E-state index contributed by atoms with van der Waals surface area (Å²) in [5.41, 5.74) is 4.31. The molecule has 0 bridgehead atoms. The first kappa shape index (κ1) is 41.9. The van der Waals surface area contributed by atoms with E-state index in [2.05, 4.69) is 34.4 Å². The maximum absolute atomic E-state index is 12.6. The van der Waals surface area contributed by atoms with Crippen LogP contribution in [0.1, 0.15) is 26.5 Å². The molecule has 275 valence electrons. The summed E-state index contributed by atoms with van der Waals surface area (Å²) in [7, 11) is -14.8. The number of hydrogen-bond donors (Lipinski definition) is 9. The average molecular weight is 839 g/mol. The van der Waals surface area contributed by atoms with Crippen LogP contribution in [0, 0.1) is 5.41 Å². The summed E-state index contributed by atoms with van der Waals surface area (Å²) in [5.74, 6) is -0.590. The van der Waals surface area contributed by atoms with Gasteiger partial charge in [0.05, 0.1) is 12.9 Å². The molecule has 0 saturated carbocycles. The number of imidazole rings is 1. The molecule has 10 N–H and O–H groups in total. The zero-order valence-corrected chi connectivity index (χ0v) is 31.3. The van der Waals surface area contributed by atoms with Crippen molar-refractivity contribution in [1.29, 1.82) is 0 Å². The Bertz CT molecular complexity index is 1620. The molecule has 1 saturated heterocycles. The first-order valence-corrected chi connectivity index (χ1v) is 21.9. The third kappa shape index (κ3) is 12.3. The minimum atomic E-state index is -5.54. The van der Waals surface area contributed by atoms with E-state index in [1.807, 2.05) is 15.4 Å². The zero-order valence-electron chi connectivity index (χ0n) is 25.7. The Morgan fingerprint density at radius 1 is 1.12 bits per heavy atom. The molecule has 28 heteroatoms. The van der Waals surface area contributed by atoms with Crippen molar-refractivity contribution in [3.63, 3.8) is 0 Å². The van der Waals surface area contributed by atoms with Crippen LogP contribution in [0.2, 0.25) is 0 Å². The molecule has 1 aliphatic rings. The van der Waals surface area contributed by atoms with Gasteiger partial charge in [-0.3, -0.25) is 18.1 Å². The van der Waals surface area contributed by atoms with Gasteiger partial charge in [-0.2, -0.15) is 4.31 Å². The molecule has 49 heavy (non-hydrogen) atoms. The fraction of sp³-hybridized carbons (Fsp3) is 0.667. The Morgan fingerprint density at radius 2 is 1.80 bits per heavy atom. The molecule has 2 unspecified atom stereocenters. The van der Waals surface area contributed by atoms with Gasteiger partial charge in [0.1, 0.15) is 30.2 Å². The number of aliphatic hydroxyl groups is 2. The topological polar surface area (TPSA) is 347 Å². The van der Waals surface area contributed by atoms with Crippen LogP contribution in [0.25, 0.3) is 11.2 Å². The summed E-state index contributed by atoms with van der Waals surface area (Å²) in [6.07, 6.45) is -6.69. The summed E-state index contributed by atoms with van der Waals surface area (Å²) in [6, 6.07) is 0. The van der Waals surface area contributed by atoms with Gasteiger partial charge >= 0.3 is 143 Å². The number of nitrogens with one attached hydrogen (secondary N) is 2. The number of amides is 2. The molecular weight excluding hydrogens is 804 g/mol. The summed E-state index contributed by atoms with van der Waals surface area (Å²) < 4.78 is 61.8. The summed E-state index contributed by atoms with van der Waals surface area (Å²) >= 11 is 1.87. The molecule has 1 fully saturated rings. The van der Waals surface area contributed by atoms with Crippen molar-refractivity contribution >= 4 is 77.7 Å². The third-order valence-electron chi connectivity index (χ3n) is 6.60. The van der Waals surface area contributed by atoms with Gasteiger partial charge < -0.3 is 35.2 Å². The number of fused-ring (bicyclic) bond motifs is 1. The van der Waals surface area contributed by atoms with Gasteiger partial charge in [-0.25, -0.2) is 28.6 Å². The predicted molar refractivity (Wildman–Crippen MR) is 168 cm³/mol. The van der Waals surface area contributed by atoms with Crippen molar-refractivity contribution in [2.24, 2.45) is 5.41 Å². The number of rotatable bonds is 19. The summed E-state index contributed by atoms with van der Waals surface area (Å²) in [5, 5.41) is 26.3. The van der Waals surface area contributed by atoms with E-state index in [0.717, 1.165) is 17.2 Å². The van der Waals surface area contributed by atoms with E-state index < -0.39 is 78.6 Å². The minimum absolute atomic E-state index is 0.0345. The fourth-order valence-corrected chi connectivity index (χ4v) is 7.86. The van der Waals surface area contributed by atoms with E-state index >= 15 is 0 Å². The molecular formula is C21H35GeN7O16P3S. The van der Waals surface area contributed by atoms with Crippen molar-refractivity contribution in [1.82, 2.24) is 30.2 Å². The molecule has 0 spiro atoms. The van der Waals surface area contributed by atoms with Gasteiger partial charge in [0.15, 0.2) is 17.7 Å². The van der Waals surface area contributed by atoms with E-state index in [1.54, 1.807) is 0 Å². The molecule has 3 heterocycles. The zero-order chi connectivity index (χ0) is 36.8. The number of phosphoric acid groups is 3. The molecule has 3 rings (SSSR count). The summed E-state index contributed by atoms with van der Waals surface area (Å²) in [4.78, 5) is 74.9. The summed E-state index contributed by atoms with van der Waals surface area (Å²) in [6.45, 7) is 0.896. The number of ether oxygens (including phenoxy) is 1. The van der Waals surface area contributed by atoms with Crippen LogP contribution in [-0.4, -0.2) is 133 Å². The second kappa shape index (κ2) is 17.3. The van der Waals surface area contributed by atoms with Crippen molar-refractivity contribution in [3.05, 3.63) is 12.7 Å². The van der Waals surface area contributed by atoms with E-state index in [9.17, 15) is 53.1 Å². The Hall–Kier alpha value is -1.57. The molecule has 2 amide bonds. The van der Waals surface area contributed by atoms with Crippen LogP contribution >= 0.6 is 33.6 Å². The number of carbonyl (C=O) groups is 2. The molecule has 0 aliphatic carbocycles. The number of aromatic nitrogens is 4. The average Bonchev–Trinajstić information content (AvgIpc) is 3.55. The van der Waals surface area contributed by atoms with E-state index in [0.29, 0.717) is 12.3 Å². The van der Waals surface area contributed by atoms with Crippen molar-refractivity contribution in [2.45, 2.75) is 50.9 Å². The monoisotopic (exact) mass is 840 g/mol. The first-order chi connectivity index (χ1) is 22.7. The van der Waals surface area contributed by atoms with Gasteiger partial charge in [0, 0.05) is 0 Å². The predicted octanol–water partition coefficient (Wildman–Crippen LogP) is -1.78. The quantitative estimate of drug-likeness (QED) is 0.0429. The molecule has 2 aromatic rings. The maximum atomic E-state index is 12.6. The van der Waals surface area contributed by atoms with Gasteiger partial charge in [-0.15, -0.1) is 0 Å². The Kier molecular flexibility index (Phi) is 14.8. The van der Waals surface area contributed by atoms with Gasteiger partial charge in [0.2, 0.25) is 0 Å². The number of phosphoric ester groups is 3. The Balaban J connectivity index is 1.59. The molecule has 0 aromatic carbocycles. The van der Waals surface area contributed by atoms with E-state index in [1.165, 1.54) is 23.9 Å². The van der Waals surface area contributed by atoms with Crippen LogP contribution in [0.4, 0.5) is 5.82 Å². The molecule has 7 atom stereocenters. The van der Waals surface area contributed by atoms with Crippen LogP contribution < -0.4 is 16.4 Å². The number of nitrogens with two attached hydrogens (primary N) is 1. The molecule has 3 radical (unpaired) electrons. The van der Waals surface area contributed by atoms with Crippen LogP contribution in [-0.2, 0) is 45.9 Å². The SMILES string of the molecule is CC(C)(COP(=O)(O)OP(=O)(O)OC[C@H]1O[C@@H](n2cnc3c(N)ncnc32)[C@H](O)[C@@H]1OP(=O)(O)O)[C@@H](O)C(=O)NCCC(=O)NCC[S][Ge]. The number of carbonyl (C=O) groups excluding carboxylic acids is 2. The second-order valence-electron chi connectivity index (χ2n) is 10.9. The third-order valence-corrected chi connectivity index (χ3v) is 11.4. The Labute approximate surface area is 289 Å². The molecule has 23 nitrogen and oxygen atoms in total. The fourth-order valence-electron chi connectivity index (χ4n) is 4.18. The van der Waals surface area contributed by atoms with E-state index in [4.69, 9.17) is 19.5 Å². The molecule has 2 aromatic heterocycles. The van der Waals surface area contributed by atoms with Crippen LogP contribution in [0.3, 0.4) is 0 Å². The van der Waals surface area contributed by atoms with Crippen LogP contribution in [0.5, 0.6) is 0 Å². The number of hydrogen-bond acceptors (Lipinski definition) is 17. The van der Waals surface area contributed by atoms with Gasteiger partial charge in [-0.1, -0.05) is 0 Å². The number of nitrogen functional groups attached to an aromatic ring is 1. The number of aliphatic hydroxyl groups excluding tert-OH is 2. The normalized spacial score (nSPS) is 23.1. The second-order valence-corrected chi connectivity index (χ2v) is 17.7. The standard InChI is InChI=1S/C21H35GeN7O16P3S/c1-21(2,16(32)19(33)25-4-3-12(30)24-5-6-49-22)8-42-48(39,40)45-47(37,38)41-7-11-15(44-46(34,35)36)14(31)20(43-11)29-10-28-13-17(23)26-9-27-18(13)29/h9-11,14-16,20,31-32H,3-8H2,1-2H3,(H,24,30)(H,25,33)(H,37,38)(H,39,40)(H2,23,26,27)(H2,34,35,36)/t11-,14-,15-,16+,20-/m1/s1. The van der Waals surface area contributed by atoms with Crippen molar-refractivity contribution in [2.75, 3.05) is 37.8 Å². The first-order valence-electron chi connectivity index (χ1n) is 13.8. The van der Waals surface area contributed by atoms with Gasteiger partial charge in [-0.05, 0) is 0 Å². The number of anilines is 1. The molecule has 1 aliphatic heterocycles. The van der Waals surface area contributed by atoms with Crippen molar-refractivity contribution < 1.29 is 75.7 Å². The Morgan fingerprint density at radius 3 is 2.45 bits per heavy atom. The van der Waals surface area contributed by atoms with E-state index in [-0.39, 0.29) is 35.9 Å². The van der Waals surface area contributed by atoms with Crippen LogP contribution in [0.15, 0.2) is 12.7 Å². The van der Waals surface area contributed by atoms with Gasteiger partial charge in [0.25, 0.3) is 0 Å².